The molecule has 15 heavy (non-hydrogen) atoms. The van der Waals surface area contributed by atoms with Crippen molar-refractivity contribution in [3.8, 4) is 0 Å². The fraction of sp³-hybridized carbons (Fsp3) is 0.750. The molecule has 0 spiro atoms. The summed E-state index contributed by atoms with van der Waals surface area (Å²) in [5.41, 5.74) is 0. The Balaban J connectivity index is 2.69. The Bertz CT molecular complexity index is 274. The van der Waals surface area contributed by atoms with E-state index in [1.807, 2.05) is 6.08 Å². The first-order chi connectivity index (χ1) is 6.74. The predicted octanol–water partition coefficient (Wildman–Crippen LogP) is 3.30. The maximum Gasteiger partial charge on any atom is 0.193 e. The van der Waals surface area contributed by atoms with Crippen LogP contribution >= 0.6 is 0 Å². The highest BCUT2D eigenvalue weighted by atomic mass is 28.4. The van der Waals surface area contributed by atoms with Crippen LogP contribution in [0.4, 0.5) is 0 Å². The quantitative estimate of drug-likeness (QED) is 0.533. The van der Waals surface area contributed by atoms with Crippen LogP contribution in [0.2, 0.25) is 18.1 Å². The Morgan fingerprint density at radius 3 is 2.40 bits per heavy atom. The van der Waals surface area contributed by atoms with Crippen LogP contribution in [0.5, 0.6) is 0 Å². The molecule has 0 aromatic heterocycles. The van der Waals surface area contributed by atoms with Crippen molar-refractivity contribution in [2.45, 2.75) is 57.8 Å². The Labute approximate surface area is 93.8 Å². The van der Waals surface area contributed by atoms with Gasteiger partial charge in [0.25, 0.3) is 0 Å². The predicted molar refractivity (Wildman–Crippen MR) is 65.5 cm³/mol. The second kappa shape index (κ2) is 4.22. The molecule has 0 amide bonds. The van der Waals surface area contributed by atoms with Gasteiger partial charge in [0.15, 0.2) is 14.1 Å². The van der Waals surface area contributed by atoms with Gasteiger partial charge in [0.05, 0.1) is 0 Å². The molecule has 1 aliphatic carbocycles. The lowest BCUT2D eigenvalue weighted by atomic mass is 10.0. The van der Waals surface area contributed by atoms with E-state index in [1.165, 1.54) is 0 Å². The van der Waals surface area contributed by atoms with Gasteiger partial charge in [-0.05, 0) is 24.6 Å². The fourth-order valence-corrected chi connectivity index (χ4v) is 2.62. The van der Waals surface area contributed by atoms with Crippen LogP contribution in [-0.2, 0) is 9.22 Å². The molecular weight excluding hydrogens is 204 g/mol. The summed E-state index contributed by atoms with van der Waals surface area (Å²) in [7, 11) is -1.79. The highest BCUT2D eigenvalue weighted by Gasteiger charge is 2.40. The molecule has 0 aromatic rings. The van der Waals surface area contributed by atoms with Crippen LogP contribution in [0, 0.1) is 0 Å². The minimum absolute atomic E-state index is 0.175. The number of ketones is 1. The molecule has 0 heterocycles. The number of carbonyl (C=O) groups excluding carboxylic acids is 1. The lowest BCUT2D eigenvalue weighted by Gasteiger charge is -2.39. The van der Waals surface area contributed by atoms with E-state index in [4.69, 9.17) is 4.43 Å². The molecule has 1 aliphatic rings. The molecule has 0 bridgehead atoms. The van der Waals surface area contributed by atoms with Gasteiger partial charge in [-0.2, -0.15) is 0 Å². The van der Waals surface area contributed by atoms with Gasteiger partial charge in [0.1, 0.15) is 6.10 Å². The van der Waals surface area contributed by atoms with E-state index >= 15 is 0 Å². The van der Waals surface area contributed by atoms with Gasteiger partial charge in [-0.1, -0.05) is 32.9 Å². The Hall–Kier alpha value is -0.413. The van der Waals surface area contributed by atoms with Crippen LogP contribution < -0.4 is 0 Å². The molecular formula is C12H22O2Si. The third kappa shape index (κ3) is 3.02. The number of hydrogen-bond donors (Lipinski definition) is 0. The average molecular weight is 226 g/mol. The third-order valence-corrected chi connectivity index (χ3v) is 7.92. The number of allylic oxidation sites excluding steroid dienone is 1. The molecule has 0 fully saturated rings. The van der Waals surface area contributed by atoms with Crippen molar-refractivity contribution in [3.63, 3.8) is 0 Å². The van der Waals surface area contributed by atoms with Crippen molar-refractivity contribution in [1.29, 1.82) is 0 Å². The van der Waals surface area contributed by atoms with E-state index in [2.05, 4.69) is 39.9 Å². The van der Waals surface area contributed by atoms with Crippen LogP contribution in [-0.4, -0.2) is 20.2 Å². The summed E-state index contributed by atoms with van der Waals surface area (Å²) in [5, 5.41) is 0.175. The number of hydrogen-bond acceptors (Lipinski definition) is 2. The van der Waals surface area contributed by atoms with Gasteiger partial charge in [-0.25, -0.2) is 0 Å². The van der Waals surface area contributed by atoms with Crippen LogP contribution in [0.1, 0.15) is 33.6 Å². The maximum atomic E-state index is 11.6. The maximum absolute atomic E-state index is 11.6. The second-order valence-corrected chi connectivity index (χ2v) is 10.5. The molecule has 1 rings (SSSR count). The molecule has 0 aliphatic heterocycles. The summed E-state index contributed by atoms with van der Waals surface area (Å²) < 4.78 is 6.09. The first-order valence-corrected chi connectivity index (χ1v) is 8.50. The molecule has 1 atom stereocenters. The van der Waals surface area contributed by atoms with E-state index in [0.717, 1.165) is 6.42 Å². The van der Waals surface area contributed by atoms with Crippen molar-refractivity contribution in [2.75, 3.05) is 0 Å². The number of Topliss-reactive ketones (excluding diaryl/α,β-unsaturated/α-hetero) is 1. The largest absolute Gasteiger partial charge is 0.407 e. The Kier molecular flexibility index (Phi) is 3.56. The standard InChI is InChI=1S/C12H22O2Si/c1-12(2,3)15(4,5)14-11-9-7-6-8-10(11)13/h6-7,11H,8-9H2,1-5H3/t11-/m0/s1. The first kappa shape index (κ1) is 12.7. The summed E-state index contributed by atoms with van der Waals surface area (Å²) in [6.45, 7) is 11.0. The minimum atomic E-state index is -1.79. The highest BCUT2D eigenvalue weighted by Crippen LogP contribution is 2.38. The third-order valence-electron chi connectivity index (χ3n) is 3.44. The molecule has 86 valence electrons. The molecule has 0 saturated heterocycles. The number of carbonyl (C=O) groups is 1. The van der Waals surface area contributed by atoms with Crippen LogP contribution in [0.15, 0.2) is 12.2 Å². The fourth-order valence-electron chi connectivity index (χ4n) is 1.33. The molecule has 0 unspecified atom stereocenters. The van der Waals surface area contributed by atoms with Crippen molar-refractivity contribution in [3.05, 3.63) is 12.2 Å². The molecule has 0 radical (unpaired) electrons. The van der Waals surface area contributed by atoms with E-state index in [1.54, 1.807) is 0 Å². The molecule has 3 heteroatoms. The lowest BCUT2D eigenvalue weighted by Crippen LogP contribution is -2.46. The van der Waals surface area contributed by atoms with Gasteiger partial charge >= 0.3 is 0 Å². The summed E-state index contributed by atoms with van der Waals surface area (Å²) in [5.74, 6) is 0.238. The first-order valence-electron chi connectivity index (χ1n) is 5.59. The second-order valence-electron chi connectivity index (χ2n) is 5.74. The zero-order valence-corrected chi connectivity index (χ0v) is 11.5. The van der Waals surface area contributed by atoms with E-state index in [9.17, 15) is 4.79 Å². The SMILES string of the molecule is CC(C)(C)[Si](C)(C)O[C@H]1CC=CCC1=O. The van der Waals surface area contributed by atoms with Crippen molar-refractivity contribution >= 4 is 14.1 Å². The van der Waals surface area contributed by atoms with E-state index < -0.39 is 8.32 Å². The van der Waals surface area contributed by atoms with Gasteiger partial charge in [0.2, 0.25) is 0 Å². The number of rotatable bonds is 2. The zero-order chi connectivity index (χ0) is 11.7. The average Bonchev–Trinajstić information content (AvgIpc) is 2.06. The van der Waals surface area contributed by atoms with Crippen LogP contribution in [0.25, 0.3) is 0 Å². The molecule has 2 nitrogen and oxygen atoms in total. The van der Waals surface area contributed by atoms with Gasteiger partial charge < -0.3 is 4.43 Å². The van der Waals surface area contributed by atoms with Crippen molar-refractivity contribution < 1.29 is 9.22 Å². The monoisotopic (exact) mass is 226 g/mol. The van der Waals surface area contributed by atoms with E-state index in [-0.39, 0.29) is 16.9 Å². The molecule has 0 N–H and O–H groups in total. The summed E-state index contributed by atoms with van der Waals surface area (Å²) in [6, 6.07) is 0. The van der Waals surface area contributed by atoms with Gasteiger partial charge in [-0.3, -0.25) is 4.79 Å². The minimum Gasteiger partial charge on any atom is -0.407 e. The summed E-state index contributed by atoms with van der Waals surface area (Å²) >= 11 is 0. The summed E-state index contributed by atoms with van der Waals surface area (Å²) in [4.78, 5) is 11.6. The zero-order valence-electron chi connectivity index (χ0n) is 10.5. The van der Waals surface area contributed by atoms with E-state index in [0.29, 0.717) is 6.42 Å². The smallest absolute Gasteiger partial charge is 0.193 e. The Morgan fingerprint density at radius 1 is 1.33 bits per heavy atom. The topological polar surface area (TPSA) is 26.3 Å². The highest BCUT2D eigenvalue weighted by molar-refractivity contribution is 6.74. The van der Waals surface area contributed by atoms with Gasteiger partial charge in [0, 0.05) is 6.42 Å². The Morgan fingerprint density at radius 2 is 1.93 bits per heavy atom. The van der Waals surface area contributed by atoms with Crippen molar-refractivity contribution in [1.82, 2.24) is 0 Å². The molecule has 0 saturated carbocycles. The van der Waals surface area contributed by atoms with Crippen molar-refractivity contribution in [2.24, 2.45) is 0 Å². The lowest BCUT2D eigenvalue weighted by molar-refractivity contribution is -0.125. The van der Waals surface area contributed by atoms with Crippen LogP contribution in [0.3, 0.4) is 0 Å². The summed E-state index contributed by atoms with van der Waals surface area (Å²) in [6.07, 6.45) is 5.11. The normalized spacial score (nSPS) is 23.3. The van der Waals surface area contributed by atoms with Gasteiger partial charge in [-0.15, -0.1) is 0 Å². The molecule has 0 aromatic carbocycles.